The molecule has 154 valence electrons. The number of rotatable bonds is 8. The minimum Gasteiger partial charge on any atom is -0.490 e. The summed E-state index contributed by atoms with van der Waals surface area (Å²) < 4.78 is 12.0. The molecule has 0 saturated carbocycles. The van der Waals surface area contributed by atoms with Gasteiger partial charge in [0.05, 0.1) is 18.5 Å². The van der Waals surface area contributed by atoms with Crippen LogP contribution < -0.4 is 25.9 Å². The van der Waals surface area contributed by atoms with Crippen molar-refractivity contribution in [2.45, 2.75) is 20.8 Å². The average Bonchev–Trinajstić information content (AvgIpc) is 2.65. The fraction of sp³-hybridized carbons (Fsp3) is 0.250. The zero-order valence-corrected chi connectivity index (χ0v) is 18.0. The summed E-state index contributed by atoms with van der Waals surface area (Å²) in [7, 11) is 0. The summed E-state index contributed by atoms with van der Waals surface area (Å²) in [4.78, 5) is 23.0. The van der Waals surface area contributed by atoms with E-state index in [4.69, 9.17) is 15.2 Å². The van der Waals surface area contributed by atoms with Gasteiger partial charge in [-0.05, 0) is 83.7 Å². The van der Waals surface area contributed by atoms with Crippen molar-refractivity contribution < 1.29 is 19.1 Å². The van der Waals surface area contributed by atoms with Crippen LogP contribution in [0.4, 0.5) is 10.5 Å². The lowest BCUT2D eigenvalue weighted by Crippen LogP contribution is -2.24. The summed E-state index contributed by atoms with van der Waals surface area (Å²) in [6, 6.07) is 8.15. The van der Waals surface area contributed by atoms with Gasteiger partial charge in [0.2, 0.25) is 0 Å². The first-order valence-corrected chi connectivity index (χ1v) is 9.64. The number of hydrogen-bond acceptors (Lipinski definition) is 5. The number of anilines is 1. The van der Waals surface area contributed by atoms with Crippen LogP contribution in [0.2, 0.25) is 0 Å². The zero-order valence-electron chi connectivity index (χ0n) is 16.4. The third-order valence-corrected chi connectivity index (χ3v) is 4.53. The van der Waals surface area contributed by atoms with Gasteiger partial charge in [-0.2, -0.15) is 5.10 Å². The van der Waals surface area contributed by atoms with Crippen LogP contribution in [-0.4, -0.2) is 31.4 Å². The Bertz CT molecular complexity index is 931. The van der Waals surface area contributed by atoms with Crippen LogP contribution in [-0.2, 0) is 4.79 Å². The Morgan fingerprint density at radius 3 is 2.55 bits per heavy atom. The second-order valence-corrected chi connectivity index (χ2v) is 6.98. The predicted molar refractivity (Wildman–Crippen MR) is 116 cm³/mol. The van der Waals surface area contributed by atoms with Crippen molar-refractivity contribution in [3.8, 4) is 11.5 Å². The Morgan fingerprint density at radius 2 is 1.86 bits per heavy atom. The molecule has 0 atom stereocenters. The fourth-order valence-corrected chi connectivity index (χ4v) is 2.93. The summed E-state index contributed by atoms with van der Waals surface area (Å²) in [5.41, 5.74) is 10.6. The molecule has 0 aromatic heterocycles. The van der Waals surface area contributed by atoms with Crippen molar-refractivity contribution in [2.75, 3.05) is 18.5 Å². The number of amides is 3. The lowest BCUT2D eigenvalue weighted by atomic mass is 10.1. The molecule has 0 radical (unpaired) electrons. The third-order valence-electron chi connectivity index (χ3n) is 3.87. The molecule has 0 saturated heterocycles. The highest BCUT2D eigenvalue weighted by molar-refractivity contribution is 9.10. The first kappa shape index (κ1) is 22.2. The highest BCUT2D eigenvalue weighted by Gasteiger charge is 2.11. The Hall–Kier alpha value is -3.07. The molecule has 0 spiro atoms. The first-order chi connectivity index (χ1) is 13.8. The maximum absolute atomic E-state index is 12.3. The van der Waals surface area contributed by atoms with Crippen molar-refractivity contribution >= 4 is 39.8 Å². The maximum Gasteiger partial charge on any atom is 0.332 e. The van der Waals surface area contributed by atoms with Gasteiger partial charge in [0.15, 0.2) is 18.1 Å². The molecule has 3 amide bonds. The van der Waals surface area contributed by atoms with E-state index in [1.165, 1.54) is 6.21 Å². The fourth-order valence-electron chi connectivity index (χ4n) is 2.37. The lowest BCUT2D eigenvalue weighted by Gasteiger charge is -2.14. The average molecular weight is 463 g/mol. The van der Waals surface area contributed by atoms with E-state index in [9.17, 15) is 9.59 Å². The minimum atomic E-state index is -0.757. The number of carbonyl (C=O) groups excluding carboxylic acids is 2. The van der Waals surface area contributed by atoms with E-state index in [1.807, 2.05) is 32.9 Å². The minimum absolute atomic E-state index is 0.184. The van der Waals surface area contributed by atoms with Gasteiger partial charge in [-0.1, -0.05) is 0 Å². The largest absolute Gasteiger partial charge is 0.490 e. The van der Waals surface area contributed by atoms with E-state index in [0.29, 0.717) is 29.4 Å². The van der Waals surface area contributed by atoms with E-state index in [0.717, 1.165) is 15.6 Å². The number of aryl methyl sites for hydroxylation is 2. The number of nitrogens with two attached hydrogens (primary N) is 1. The Labute approximate surface area is 177 Å². The standard InChI is InChI=1S/C20H23BrN4O4/c1-4-28-18-9-14(10-23-25-20(22)27)5-6-17(18)29-11-19(26)24-16-8-13(3)12(2)7-15(16)21/h5-10H,4,11H2,1-3H3,(H,24,26)(H3,22,25,27)/b23-10+. The Balaban J connectivity index is 2.05. The number of primary amides is 1. The molecule has 0 fully saturated rings. The summed E-state index contributed by atoms with van der Waals surface area (Å²) in [5, 5.41) is 6.53. The van der Waals surface area contributed by atoms with Gasteiger partial charge in [0.25, 0.3) is 5.91 Å². The maximum atomic E-state index is 12.3. The number of halogens is 1. The number of ether oxygens (including phenoxy) is 2. The van der Waals surface area contributed by atoms with E-state index in [2.05, 4.69) is 31.8 Å². The number of carbonyl (C=O) groups is 2. The zero-order chi connectivity index (χ0) is 21.4. The van der Waals surface area contributed by atoms with Gasteiger partial charge in [0.1, 0.15) is 0 Å². The van der Waals surface area contributed by atoms with E-state index in [-0.39, 0.29) is 12.5 Å². The number of urea groups is 1. The summed E-state index contributed by atoms with van der Waals surface area (Å²) >= 11 is 3.45. The SMILES string of the molecule is CCOc1cc(/C=N/NC(N)=O)ccc1OCC(=O)Nc1cc(C)c(C)cc1Br. The van der Waals surface area contributed by atoms with Crippen LogP contribution in [0.5, 0.6) is 11.5 Å². The van der Waals surface area contributed by atoms with Crippen LogP contribution >= 0.6 is 15.9 Å². The monoisotopic (exact) mass is 462 g/mol. The van der Waals surface area contributed by atoms with Gasteiger partial charge < -0.3 is 20.5 Å². The van der Waals surface area contributed by atoms with Crippen LogP contribution in [0.15, 0.2) is 39.9 Å². The molecular formula is C20H23BrN4O4. The predicted octanol–water partition coefficient (Wildman–Crippen LogP) is 3.48. The molecule has 0 aliphatic heterocycles. The van der Waals surface area contributed by atoms with Gasteiger partial charge in [-0.3, -0.25) is 4.79 Å². The van der Waals surface area contributed by atoms with Crippen LogP contribution in [0.1, 0.15) is 23.6 Å². The van der Waals surface area contributed by atoms with Crippen molar-refractivity contribution in [1.29, 1.82) is 0 Å². The topological polar surface area (TPSA) is 115 Å². The van der Waals surface area contributed by atoms with E-state index in [1.54, 1.807) is 18.2 Å². The highest BCUT2D eigenvalue weighted by Crippen LogP contribution is 2.29. The molecule has 0 bridgehead atoms. The van der Waals surface area contributed by atoms with Gasteiger partial charge in [-0.15, -0.1) is 0 Å². The number of benzene rings is 2. The van der Waals surface area contributed by atoms with Gasteiger partial charge >= 0.3 is 6.03 Å². The first-order valence-electron chi connectivity index (χ1n) is 8.85. The summed E-state index contributed by atoms with van der Waals surface area (Å²) in [6.07, 6.45) is 1.42. The number of hydrazone groups is 1. The highest BCUT2D eigenvalue weighted by atomic mass is 79.9. The molecule has 0 aliphatic rings. The molecule has 0 unspecified atom stereocenters. The second kappa shape index (κ2) is 10.5. The Kier molecular flexibility index (Phi) is 8.02. The molecule has 0 aliphatic carbocycles. The van der Waals surface area contributed by atoms with Gasteiger partial charge in [0, 0.05) is 4.47 Å². The Morgan fingerprint density at radius 1 is 1.14 bits per heavy atom. The molecule has 8 nitrogen and oxygen atoms in total. The third kappa shape index (κ3) is 6.79. The lowest BCUT2D eigenvalue weighted by molar-refractivity contribution is -0.118. The molecule has 29 heavy (non-hydrogen) atoms. The smallest absolute Gasteiger partial charge is 0.332 e. The normalized spacial score (nSPS) is 10.6. The van der Waals surface area contributed by atoms with Crippen molar-refractivity contribution in [1.82, 2.24) is 5.43 Å². The second-order valence-electron chi connectivity index (χ2n) is 6.13. The number of hydrogen-bond donors (Lipinski definition) is 3. The van der Waals surface area contributed by atoms with Crippen molar-refractivity contribution in [3.63, 3.8) is 0 Å². The van der Waals surface area contributed by atoms with Crippen LogP contribution in [0.25, 0.3) is 0 Å². The molecule has 9 heteroatoms. The van der Waals surface area contributed by atoms with Crippen molar-refractivity contribution in [2.24, 2.45) is 10.8 Å². The van der Waals surface area contributed by atoms with Gasteiger partial charge in [-0.25, -0.2) is 10.2 Å². The quantitative estimate of drug-likeness (QED) is 0.411. The molecule has 2 aromatic rings. The molecule has 0 heterocycles. The molecular weight excluding hydrogens is 440 g/mol. The van der Waals surface area contributed by atoms with Crippen molar-refractivity contribution in [3.05, 3.63) is 51.5 Å². The summed E-state index contributed by atoms with van der Waals surface area (Å²) in [5.74, 6) is 0.574. The summed E-state index contributed by atoms with van der Waals surface area (Å²) in [6.45, 7) is 6.05. The molecule has 4 N–H and O–H groups in total. The number of nitrogens with zero attached hydrogens (tertiary/aromatic N) is 1. The van der Waals surface area contributed by atoms with Crippen LogP contribution in [0, 0.1) is 13.8 Å². The molecule has 2 rings (SSSR count). The number of nitrogens with one attached hydrogen (secondary N) is 2. The van der Waals surface area contributed by atoms with E-state index < -0.39 is 6.03 Å². The molecule has 2 aromatic carbocycles. The van der Waals surface area contributed by atoms with Crippen LogP contribution in [0.3, 0.4) is 0 Å². The van der Waals surface area contributed by atoms with E-state index >= 15 is 0 Å².